The average molecular weight is 401 g/mol. The molecular formula is C24H14Cl2N2. The first-order valence-corrected chi connectivity index (χ1v) is 9.66. The molecule has 5 aromatic rings. The topological polar surface area (TPSA) is 25.8 Å². The first-order chi connectivity index (χ1) is 13.7. The van der Waals surface area contributed by atoms with Crippen molar-refractivity contribution in [3.05, 3.63) is 95.0 Å². The summed E-state index contributed by atoms with van der Waals surface area (Å²) in [5, 5.41) is 4.37. The van der Waals surface area contributed by atoms with Crippen LogP contribution in [0.3, 0.4) is 0 Å². The summed E-state index contributed by atoms with van der Waals surface area (Å²) in [4.78, 5) is 9.82. The molecule has 5 rings (SSSR count). The second-order valence-corrected chi connectivity index (χ2v) is 7.48. The minimum absolute atomic E-state index is 0.561. The number of fused-ring (bicyclic) bond motifs is 3. The second-order valence-electron chi connectivity index (χ2n) is 6.60. The lowest BCUT2D eigenvalue weighted by atomic mass is 10.0. The van der Waals surface area contributed by atoms with Crippen molar-refractivity contribution in [1.29, 1.82) is 0 Å². The molecule has 28 heavy (non-hydrogen) atoms. The molecule has 4 aromatic carbocycles. The highest BCUT2D eigenvalue weighted by atomic mass is 35.5. The highest BCUT2D eigenvalue weighted by Crippen LogP contribution is 2.34. The number of aromatic nitrogens is 2. The summed E-state index contributed by atoms with van der Waals surface area (Å²) in [5.41, 5.74) is 3.64. The summed E-state index contributed by atoms with van der Waals surface area (Å²) in [6, 6.07) is 28.0. The van der Waals surface area contributed by atoms with Gasteiger partial charge in [0.1, 0.15) is 0 Å². The molecule has 4 heteroatoms. The lowest BCUT2D eigenvalue weighted by Crippen LogP contribution is -1.96. The fourth-order valence-electron chi connectivity index (χ4n) is 3.49. The Balaban J connectivity index is 1.90. The van der Waals surface area contributed by atoms with E-state index in [1.165, 1.54) is 0 Å². The Kier molecular flexibility index (Phi) is 4.23. The molecule has 0 bridgehead atoms. The summed E-state index contributed by atoms with van der Waals surface area (Å²) >= 11 is 12.5. The molecule has 2 nitrogen and oxygen atoms in total. The Hall–Kier alpha value is -2.94. The Morgan fingerprint density at radius 2 is 1.29 bits per heavy atom. The van der Waals surface area contributed by atoms with E-state index >= 15 is 0 Å². The van der Waals surface area contributed by atoms with Crippen molar-refractivity contribution in [2.24, 2.45) is 0 Å². The van der Waals surface area contributed by atoms with Crippen molar-refractivity contribution in [2.45, 2.75) is 0 Å². The first kappa shape index (κ1) is 17.2. The van der Waals surface area contributed by atoms with Crippen molar-refractivity contribution >= 4 is 44.9 Å². The maximum Gasteiger partial charge on any atom is 0.160 e. The highest BCUT2D eigenvalue weighted by molar-refractivity contribution is 6.35. The summed E-state index contributed by atoms with van der Waals surface area (Å²) in [7, 11) is 0. The molecule has 0 fully saturated rings. The van der Waals surface area contributed by atoms with Crippen LogP contribution in [0.1, 0.15) is 0 Å². The van der Waals surface area contributed by atoms with Gasteiger partial charge in [-0.2, -0.15) is 0 Å². The van der Waals surface area contributed by atoms with Crippen LogP contribution in [0.2, 0.25) is 10.0 Å². The smallest absolute Gasteiger partial charge is 0.160 e. The van der Waals surface area contributed by atoms with Crippen molar-refractivity contribution in [2.75, 3.05) is 0 Å². The van der Waals surface area contributed by atoms with Gasteiger partial charge in [-0.1, -0.05) is 83.9 Å². The maximum absolute atomic E-state index is 6.23. The minimum atomic E-state index is 0.561. The van der Waals surface area contributed by atoms with Crippen molar-refractivity contribution in [3.63, 3.8) is 0 Å². The molecule has 1 heterocycles. The van der Waals surface area contributed by atoms with Gasteiger partial charge in [-0.15, -0.1) is 0 Å². The zero-order chi connectivity index (χ0) is 19.1. The van der Waals surface area contributed by atoms with E-state index in [-0.39, 0.29) is 0 Å². The third-order valence-corrected chi connectivity index (χ3v) is 5.20. The molecule has 1 aromatic heterocycles. The number of hydrogen-bond acceptors (Lipinski definition) is 2. The van der Waals surface area contributed by atoms with Gasteiger partial charge in [-0.25, -0.2) is 9.97 Å². The van der Waals surface area contributed by atoms with Crippen LogP contribution in [0.15, 0.2) is 84.9 Å². The highest BCUT2D eigenvalue weighted by Gasteiger charge is 2.14. The summed E-state index contributed by atoms with van der Waals surface area (Å²) in [6.07, 6.45) is 0. The van der Waals surface area contributed by atoms with E-state index in [2.05, 4.69) is 36.4 Å². The van der Waals surface area contributed by atoms with Gasteiger partial charge in [0.2, 0.25) is 0 Å². The van der Waals surface area contributed by atoms with Crippen LogP contribution in [0.4, 0.5) is 0 Å². The van der Waals surface area contributed by atoms with Gasteiger partial charge in [0.25, 0.3) is 0 Å². The molecule has 0 aliphatic heterocycles. The van der Waals surface area contributed by atoms with Gasteiger partial charge >= 0.3 is 0 Å². The number of rotatable bonds is 2. The van der Waals surface area contributed by atoms with Crippen LogP contribution in [-0.4, -0.2) is 9.97 Å². The predicted octanol–water partition coefficient (Wildman–Crippen LogP) is 7.42. The molecule has 0 radical (unpaired) electrons. The van der Waals surface area contributed by atoms with Crippen LogP contribution in [0, 0.1) is 0 Å². The van der Waals surface area contributed by atoms with E-state index in [9.17, 15) is 0 Å². The van der Waals surface area contributed by atoms with Gasteiger partial charge in [0.15, 0.2) is 5.82 Å². The van der Waals surface area contributed by atoms with Gasteiger partial charge in [-0.05, 0) is 29.7 Å². The van der Waals surface area contributed by atoms with E-state index in [0.717, 1.165) is 38.5 Å². The Morgan fingerprint density at radius 3 is 2.07 bits per heavy atom. The molecule has 0 aliphatic carbocycles. The van der Waals surface area contributed by atoms with Gasteiger partial charge in [0.05, 0.1) is 11.2 Å². The van der Waals surface area contributed by atoms with Gasteiger partial charge in [0, 0.05) is 31.9 Å². The molecule has 0 N–H and O–H groups in total. The number of halogens is 2. The van der Waals surface area contributed by atoms with Crippen LogP contribution in [0.25, 0.3) is 44.3 Å². The normalized spacial score (nSPS) is 11.2. The largest absolute Gasteiger partial charge is 0.227 e. The third kappa shape index (κ3) is 3.01. The Morgan fingerprint density at radius 1 is 0.571 bits per heavy atom. The Labute approximate surface area is 172 Å². The van der Waals surface area contributed by atoms with Crippen LogP contribution in [-0.2, 0) is 0 Å². The fourth-order valence-corrected chi connectivity index (χ4v) is 4.02. The summed E-state index contributed by atoms with van der Waals surface area (Å²) in [5.74, 6) is 0.604. The zero-order valence-electron chi connectivity index (χ0n) is 14.7. The average Bonchev–Trinajstić information content (AvgIpc) is 2.73. The molecule has 0 amide bonds. The van der Waals surface area contributed by atoms with Crippen LogP contribution < -0.4 is 0 Å². The number of nitrogens with zero attached hydrogens (tertiary/aromatic N) is 2. The van der Waals surface area contributed by atoms with E-state index in [0.29, 0.717) is 15.9 Å². The van der Waals surface area contributed by atoms with Gasteiger partial charge in [-0.3, -0.25) is 0 Å². The SMILES string of the molecule is Clc1cc(Cl)cc(-c2nc(-c3ccccc3)c3ccc4ccccc4c3n2)c1. The quantitative estimate of drug-likeness (QED) is 0.288. The standard InChI is InChI=1S/C24H14Cl2N2/c25-18-12-17(13-19(26)14-18)24-27-22(16-7-2-1-3-8-16)21-11-10-15-6-4-5-9-20(15)23(21)28-24/h1-14H. The lowest BCUT2D eigenvalue weighted by Gasteiger charge is -2.12. The summed E-state index contributed by atoms with van der Waals surface area (Å²) in [6.45, 7) is 0. The molecule has 0 aliphatic rings. The minimum Gasteiger partial charge on any atom is -0.227 e. The molecule has 0 unspecified atom stereocenters. The Bertz CT molecular complexity index is 1310. The van der Waals surface area contributed by atoms with Crippen molar-refractivity contribution < 1.29 is 0 Å². The van der Waals surface area contributed by atoms with Gasteiger partial charge < -0.3 is 0 Å². The zero-order valence-corrected chi connectivity index (χ0v) is 16.2. The fraction of sp³-hybridized carbons (Fsp3) is 0. The molecule has 0 saturated carbocycles. The van der Waals surface area contributed by atoms with Crippen LogP contribution in [0.5, 0.6) is 0 Å². The number of hydrogen-bond donors (Lipinski definition) is 0. The second kappa shape index (κ2) is 6.90. The van der Waals surface area contributed by atoms with E-state index < -0.39 is 0 Å². The summed E-state index contributed by atoms with van der Waals surface area (Å²) < 4.78 is 0. The van der Waals surface area contributed by atoms with E-state index in [1.54, 1.807) is 6.07 Å². The molecule has 0 atom stereocenters. The van der Waals surface area contributed by atoms with E-state index in [4.69, 9.17) is 33.2 Å². The van der Waals surface area contributed by atoms with Crippen molar-refractivity contribution in [3.8, 4) is 22.6 Å². The first-order valence-electron chi connectivity index (χ1n) is 8.90. The number of benzene rings is 4. The molecule has 0 saturated heterocycles. The lowest BCUT2D eigenvalue weighted by molar-refractivity contribution is 1.23. The van der Waals surface area contributed by atoms with Crippen LogP contribution >= 0.6 is 23.2 Å². The molecule has 134 valence electrons. The maximum atomic E-state index is 6.23. The van der Waals surface area contributed by atoms with Crippen molar-refractivity contribution in [1.82, 2.24) is 9.97 Å². The predicted molar refractivity (Wildman–Crippen MR) is 118 cm³/mol. The third-order valence-electron chi connectivity index (χ3n) is 4.76. The molecular weight excluding hydrogens is 387 g/mol. The monoisotopic (exact) mass is 400 g/mol. The van der Waals surface area contributed by atoms with E-state index in [1.807, 2.05) is 42.5 Å². The molecule has 0 spiro atoms.